The van der Waals surface area contributed by atoms with Crippen LogP contribution in [0.25, 0.3) is 44.6 Å². The highest BCUT2D eigenvalue weighted by molar-refractivity contribution is 5.96. The first-order chi connectivity index (χ1) is 35.6. The first-order valence-corrected chi connectivity index (χ1v) is 22.2. The van der Waals surface area contributed by atoms with Crippen molar-refractivity contribution in [2.24, 2.45) is 0 Å². The van der Waals surface area contributed by atoms with Gasteiger partial charge in [-0.2, -0.15) is 0 Å². The molecule has 0 aliphatic rings. The second kappa shape index (κ2) is 26.7. The Bertz CT molecular complexity index is 3600. The third-order valence-corrected chi connectivity index (χ3v) is 10.6. The third kappa shape index (κ3) is 15.3. The number of carbonyl (C=O) groups is 4. The van der Waals surface area contributed by atoms with Gasteiger partial charge in [-0.3, -0.25) is 9.59 Å². The summed E-state index contributed by atoms with van der Waals surface area (Å²) in [5, 5.41) is 67.0. The second-order valence-electron chi connectivity index (χ2n) is 15.9. The van der Waals surface area contributed by atoms with Crippen LogP contribution in [-0.4, -0.2) is 59.8 Å². The van der Waals surface area contributed by atoms with Crippen LogP contribution in [0.2, 0.25) is 0 Å². The molecule has 0 fully saturated rings. The van der Waals surface area contributed by atoms with E-state index in [2.05, 4.69) is 0 Å². The van der Waals surface area contributed by atoms with E-state index >= 15 is 0 Å². The van der Waals surface area contributed by atoms with Gasteiger partial charge in [0.25, 0.3) is 0 Å². The van der Waals surface area contributed by atoms with E-state index in [-0.39, 0.29) is 87.9 Å². The first kappa shape index (κ1) is 56.9. The molecule has 2 heterocycles. The summed E-state index contributed by atoms with van der Waals surface area (Å²) in [6.07, 6.45) is 0.563. The smallest absolute Gasteiger partial charge is 0.368 e. The molecule has 0 saturated heterocycles. The molecule has 0 saturated carbocycles. The van der Waals surface area contributed by atoms with Gasteiger partial charge in [-0.15, -0.1) is 0 Å². The summed E-state index contributed by atoms with van der Waals surface area (Å²) in [6, 6.07) is 52.8. The largest absolute Gasteiger partial charge is 1.00 e. The van der Waals surface area contributed by atoms with Crippen molar-refractivity contribution in [3.63, 3.8) is 0 Å². The molecule has 0 bridgehead atoms. The molecule has 0 unspecified atom stereocenters. The molecule has 7 N–H and O–H groups in total. The van der Waals surface area contributed by atoms with Crippen LogP contribution >= 0.6 is 0 Å². The van der Waals surface area contributed by atoms with E-state index < -0.39 is 11.9 Å². The van der Waals surface area contributed by atoms with E-state index in [1.807, 2.05) is 6.07 Å². The molecule has 76 heavy (non-hydrogen) atoms. The molecule has 0 spiro atoms. The molecule has 0 radical (unpaired) electrons. The lowest BCUT2D eigenvalue weighted by molar-refractivity contribution is -0.00100. The quantitative estimate of drug-likeness (QED) is 0.0281. The second-order valence-corrected chi connectivity index (χ2v) is 15.9. The molecular weight excluding hydrogens is 1020 g/mol. The molecule has 10 aromatic rings. The van der Waals surface area contributed by atoms with Crippen molar-refractivity contribution in [1.82, 2.24) is 0 Å². The number of halogens is 2. The highest BCUT2D eigenvalue weighted by Crippen LogP contribution is 2.36. The first-order valence-electron chi connectivity index (χ1n) is 22.2. The summed E-state index contributed by atoms with van der Waals surface area (Å²) in [6.45, 7) is 1.49. The maximum atomic E-state index is 12.3. The number of Topliss-reactive ketones (excluding diaryl/α,β-unsaturated/α-hetero) is 1. The standard InChI is InChI=1S/C22H14O5.C15H10O4.C14H10O4.C8H8O2.2ClH/c23-16-8-6-14(7-9-16)19-11-10-18-20(26-19)12-17(24)13-21(18)27-22(25)15-4-2-1-3-5-15;16-10-3-1-9(2-4-10)14-6-5-12-13(18)7-11(17)8-15(12)19-14;15-9-11-6-7-12(16)8-13(11)18-14(17)10-4-2-1-3-5-10;1-6(9)7-2-4-8(10)5-3-7;;/h1-13H,(H-,23,24);1-8H,(H2-,16,17,18);1-9,16H;2-5,10H,1H3;2*1H. The summed E-state index contributed by atoms with van der Waals surface area (Å²) < 4.78 is 22.0. The van der Waals surface area contributed by atoms with Crippen molar-refractivity contribution in [3.8, 4) is 74.4 Å². The number of aldehydes is 1. The fourth-order valence-electron chi connectivity index (χ4n) is 6.83. The molecule has 0 atom stereocenters. The van der Waals surface area contributed by atoms with E-state index in [0.717, 1.165) is 11.1 Å². The molecule has 0 aliphatic heterocycles. The van der Waals surface area contributed by atoms with Gasteiger partial charge in [0.1, 0.15) is 56.8 Å². The Morgan fingerprint density at radius 3 is 1.29 bits per heavy atom. The molecule has 2 aromatic heterocycles. The lowest BCUT2D eigenvalue weighted by Gasteiger charge is -2.06. The van der Waals surface area contributed by atoms with Crippen molar-refractivity contribution in [2.75, 3.05) is 0 Å². The zero-order chi connectivity index (χ0) is 52.7. The van der Waals surface area contributed by atoms with Gasteiger partial charge in [0.05, 0.1) is 39.9 Å². The van der Waals surface area contributed by atoms with Gasteiger partial charge in [0.2, 0.25) is 0 Å². The van der Waals surface area contributed by atoms with E-state index in [0.29, 0.717) is 56.4 Å². The normalized spacial score (nSPS) is 10.0. The van der Waals surface area contributed by atoms with Crippen LogP contribution in [0.3, 0.4) is 0 Å². The topological polar surface area (TPSA) is 251 Å². The number of phenols is 7. The number of fused-ring (bicyclic) bond motifs is 2. The van der Waals surface area contributed by atoms with Crippen LogP contribution in [0.4, 0.5) is 0 Å². The molecule has 15 nitrogen and oxygen atoms in total. The minimum absolute atomic E-state index is 0. The van der Waals surface area contributed by atoms with Crippen molar-refractivity contribution < 1.29 is 98.0 Å². The minimum Gasteiger partial charge on any atom is -1.00 e. The zero-order valence-corrected chi connectivity index (χ0v) is 41.3. The summed E-state index contributed by atoms with van der Waals surface area (Å²) in [5.41, 5.74) is 3.93. The Labute approximate surface area is 445 Å². The monoisotopic (exact) mass is 1060 g/mol. The van der Waals surface area contributed by atoms with Gasteiger partial charge >= 0.3 is 34.6 Å². The van der Waals surface area contributed by atoms with E-state index in [1.54, 1.807) is 140 Å². The van der Waals surface area contributed by atoms with E-state index in [9.17, 15) is 49.8 Å². The van der Waals surface area contributed by atoms with Crippen LogP contribution in [0.1, 0.15) is 48.4 Å². The molecule has 10 rings (SSSR count). The number of esters is 2. The molecule has 8 aromatic carbocycles. The number of carbonyl (C=O) groups excluding carboxylic acids is 4. The molecule has 17 heteroatoms. The van der Waals surface area contributed by atoms with E-state index in [4.69, 9.17) is 23.4 Å². The van der Waals surface area contributed by atoms with Crippen molar-refractivity contribution >= 4 is 45.9 Å². The minimum atomic E-state index is -0.579. The van der Waals surface area contributed by atoms with Gasteiger partial charge in [-0.05, 0) is 128 Å². The number of rotatable bonds is 8. The summed E-state index contributed by atoms with van der Waals surface area (Å²) in [7, 11) is 0. The van der Waals surface area contributed by atoms with Gasteiger partial charge in [0.15, 0.2) is 17.8 Å². The van der Waals surface area contributed by atoms with Crippen LogP contribution in [0.15, 0.2) is 209 Å². The average Bonchev–Trinajstić information content (AvgIpc) is 3.40. The SMILES string of the molecule is CC(=O)c1ccc(O)cc1.O=C(Oc1cc(O)cc2[o+]c(-c3ccc(O)cc3)ccc12)c1ccccc1.O=Cc1ccc(O)cc1OC(=O)c1ccccc1.Oc1ccc(-c2ccc3c(O)cc(O)cc3[o+]2)cc1.[Cl-].[Cl-]. The van der Waals surface area contributed by atoms with Crippen LogP contribution in [0.5, 0.6) is 51.7 Å². The Morgan fingerprint density at radius 1 is 0.408 bits per heavy atom. The van der Waals surface area contributed by atoms with Gasteiger partial charge < -0.3 is 70.0 Å². The van der Waals surface area contributed by atoms with Gasteiger partial charge in [-0.25, -0.2) is 18.4 Å². The van der Waals surface area contributed by atoms with Gasteiger partial charge in [0, 0.05) is 35.9 Å². The highest BCUT2D eigenvalue weighted by Gasteiger charge is 2.22. The Morgan fingerprint density at radius 2 is 0.816 bits per heavy atom. The number of hydrogen-bond acceptors (Lipinski definition) is 13. The van der Waals surface area contributed by atoms with Crippen LogP contribution in [-0.2, 0) is 0 Å². The highest BCUT2D eigenvalue weighted by atomic mass is 35.5. The lowest BCUT2D eigenvalue weighted by atomic mass is 10.1. The predicted octanol–water partition coefficient (Wildman–Crippen LogP) is 6.54. The number of aromatic hydroxyl groups is 7. The number of benzene rings is 8. The number of ether oxygens (including phenoxy) is 2. The van der Waals surface area contributed by atoms with Crippen molar-refractivity contribution in [1.29, 1.82) is 0 Å². The Kier molecular flexibility index (Phi) is 20.0. The molecular formula is C59H44Cl2O15. The number of hydrogen-bond donors (Lipinski definition) is 7. The molecule has 0 aliphatic carbocycles. The summed E-state index contributed by atoms with van der Waals surface area (Å²) in [5.74, 6) is 0.574. The Hall–Kier alpha value is -9.96. The maximum absolute atomic E-state index is 12.3. The summed E-state index contributed by atoms with van der Waals surface area (Å²) >= 11 is 0. The van der Waals surface area contributed by atoms with Crippen LogP contribution < -0.4 is 34.3 Å². The van der Waals surface area contributed by atoms with Crippen LogP contribution in [0, 0.1) is 0 Å². The summed E-state index contributed by atoms with van der Waals surface area (Å²) in [4.78, 5) is 45.6. The average molecular weight is 1060 g/mol. The van der Waals surface area contributed by atoms with Crippen molar-refractivity contribution in [3.05, 3.63) is 222 Å². The lowest BCUT2D eigenvalue weighted by Crippen LogP contribution is -3.00. The predicted molar refractivity (Wildman–Crippen MR) is 275 cm³/mol. The number of phenolic OH excluding ortho intramolecular Hbond substituents is 7. The van der Waals surface area contributed by atoms with Gasteiger partial charge in [-0.1, -0.05) is 36.4 Å². The third-order valence-electron chi connectivity index (χ3n) is 10.6. The van der Waals surface area contributed by atoms with E-state index in [1.165, 1.54) is 61.5 Å². The fourth-order valence-corrected chi connectivity index (χ4v) is 6.83. The fraction of sp³-hybridized carbons (Fsp3) is 0.0169. The molecule has 384 valence electrons. The maximum Gasteiger partial charge on any atom is 0.368 e. The Balaban J connectivity index is 0.000000195. The zero-order valence-electron chi connectivity index (χ0n) is 39.8. The van der Waals surface area contributed by atoms with Crippen molar-refractivity contribution in [2.45, 2.75) is 6.92 Å². The molecule has 0 amide bonds. The number of ketones is 1.